The first kappa shape index (κ1) is 35.7. The molecule has 0 radical (unpaired) electrons. The van der Waals surface area contributed by atoms with Crippen molar-refractivity contribution in [3.63, 3.8) is 0 Å². The molecule has 4 atom stereocenters. The Hall–Kier alpha value is -4.81. The van der Waals surface area contributed by atoms with E-state index < -0.39 is 59.9 Å². The highest BCUT2D eigenvalue weighted by Crippen LogP contribution is 2.24. The van der Waals surface area contributed by atoms with Gasteiger partial charge in [0, 0.05) is 20.0 Å². The van der Waals surface area contributed by atoms with E-state index in [0.717, 1.165) is 0 Å². The van der Waals surface area contributed by atoms with Gasteiger partial charge in [-0.15, -0.1) is 0 Å². The molecule has 0 aliphatic carbocycles. The van der Waals surface area contributed by atoms with Crippen LogP contribution >= 0.6 is 0 Å². The van der Waals surface area contributed by atoms with E-state index in [1.54, 1.807) is 75.4 Å². The molecule has 1 aliphatic heterocycles. The number of methoxy groups -OCH3 is 1. The van der Waals surface area contributed by atoms with Gasteiger partial charge >= 0.3 is 24.1 Å². The number of alkyl carbamates (subject to hydrolysis) is 1. The SMILES string of the molecule is COc1ccc(C[C@@H](C(=O)O[C@H](C)[C@H](NC(=O)OCc2ccccc2)C(=O)O)N(C)C(=O)[C@@H]2CCCN2C(=O)OC(C)(C)C)cc1. The molecule has 13 nitrogen and oxygen atoms in total. The molecule has 1 aliphatic rings. The number of amides is 3. The minimum Gasteiger partial charge on any atom is -0.497 e. The summed E-state index contributed by atoms with van der Waals surface area (Å²) in [5.74, 6) is -2.25. The zero-order chi connectivity index (χ0) is 34.0. The van der Waals surface area contributed by atoms with Gasteiger partial charge in [0.2, 0.25) is 5.91 Å². The van der Waals surface area contributed by atoms with E-state index in [2.05, 4.69) is 5.32 Å². The molecule has 2 N–H and O–H groups in total. The Labute approximate surface area is 268 Å². The van der Waals surface area contributed by atoms with Crippen molar-refractivity contribution >= 4 is 30.0 Å². The number of carbonyl (C=O) groups excluding carboxylic acids is 4. The van der Waals surface area contributed by atoms with Crippen molar-refractivity contribution < 1.29 is 48.0 Å². The number of aliphatic carboxylic acids is 1. The maximum atomic E-state index is 13.8. The second-order valence-electron chi connectivity index (χ2n) is 12.0. The van der Waals surface area contributed by atoms with Gasteiger partial charge in [-0.25, -0.2) is 19.2 Å². The Balaban J connectivity index is 1.78. The van der Waals surface area contributed by atoms with Crippen molar-refractivity contribution in [1.29, 1.82) is 0 Å². The van der Waals surface area contributed by atoms with Crippen LogP contribution in [0.1, 0.15) is 51.7 Å². The van der Waals surface area contributed by atoms with Crippen LogP contribution in [-0.2, 0) is 41.6 Å². The van der Waals surface area contributed by atoms with Crippen LogP contribution in [0.25, 0.3) is 0 Å². The van der Waals surface area contributed by atoms with Gasteiger partial charge in [0.25, 0.3) is 0 Å². The lowest BCUT2D eigenvalue weighted by atomic mass is 10.0. The highest BCUT2D eigenvalue weighted by molar-refractivity contribution is 5.90. The normalized spacial score (nSPS) is 16.4. The van der Waals surface area contributed by atoms with Gasteiger partial charge in [-0.3, -0.25) is 9.69 Å². The van der Waals surface area contributed by atoms with Crippen LogP contribution in [0.4, 0.5) is 9.59 Å². The summed E-state index contributed by atoms with van der Waals surface area (Å²) in [7, 11) is 2.95. The molecule has 46 heavy (non-hydrogen) atoms. The summed E-state index contributed by atoms with van der Waals surface area (Å²) in [6.07, 6.45) is -2.03. The van der Waals surface area contributed by atoms with Crippen LogP contribution in [0.3, 0.4) is 0 Å². The number of likely N-dealkylation sites (tertiary alicyclic amines) is 1. The largest absolute Gasteiger partial charge is 0.497 e. The number of nitrogens with one attached hydrogen (secondary N) is 1. The number of ether oxygens (including phenoxy) is 4. The molecule has 2 aromatic rings. The Morgan fingerprint density at radius 1 is 1.02 bits per heavy atom. The predicted molar refractivity (Wildman–Crippen MR) is 166 cm³/mol. The lowest BCUT2D eigenvalue weighted by Crippen LogP contribution is -2.55. The number of nitrogens with zero attached hydrogens (tertiary/aromatic N) is 2. The second kappa shape index (κ2) is 16.0. The van der Waals surface area contributed by atoms with Gasteiger partial charge in [-0.05, 0) is 63.8 Å². The molecular weight excluding hydrogens is 598 g/mol. The number of hydrogen-bond donors (Lipinski definition) is 2. The highest BCUT2D eigenvalue weighted by Gasteiger charge is 2.42. The summed E-state index contributed by atoms with van der Waals surface area (Å²) in [4.78, 5) is 67.4. The molecule has 0 bridgehead atoms. The number of benzene rings is 2. The number of esters is 1. The van der Waals surface area contributed by atoms with E-state index in [9.17, 15) is 29.1 Å². The maximum Gasteiger partial charge on any atom is 0.410 e. The van der Waals surface area contributed by atoms with Gasteiger partial charge in [0.1, 0.15) is 36.1 Å². The number of rotatable bonds is 12. The third-order valence-corrected chi connectivity index (χ3v) is 7.36. The maximum absolute atomic E-state index is 13.8. The molecule has 3 rings (SSSR count). The predicted octanol–water partition coefficient (Wildman–Crippen LogP) is 3.78. The summed E-state index contributed by atoms with van der Waals surface area (Å²) >= 11 is 0. The summed E-state index contributed by atoms with van der Waals surface area (Å²) in [5, 5.41) is 12.1. The first-order chi connectivity index (χ1) is 21.7. The molecule has 1 heterocycles. The molecule has 1 fully saturated rings. The molecule has 0 aromatic heterocycles. The molecule has 1 saturated heterocycles. The lowest BCUT2D eigenvalue weighted by Gasteiger charge is -2.33. The van der Waals surface area contributed by atoms with Crippen molar-refractivity contribution in [3.05, 3.63) is 65.7 Å². The van der Waals surface area contributed by atoms with Crippen molar-refractivity contribution in [2.45, 2.75) is 83.4 Å². The molecule has 0 spiro atoms. The number of carboxylic acids is 1. The standard InChI is InChI=1S/C33H43N3O10/c1-21(27(29(38)39)34-31(41)44-20-23-11-8-7-9-12-23)45-30(40)26(19-22-14-16-24(43-6)17-15-22)35(5)28(37)25-13-10-18-36(25)32(42)46-33(2,3)4/h7-9,11-12,14-17,21,25-27H,10,13,18-20H2,1-6H3,(H,34,41)(H,38,39)/t21-,25+,26+,27+/m1/s1. The molecule has 0 unspecified atom stereocenters. The van der Waals surface area contributed by atoms with Gasteiger partial charge < -0.3 is 34.3 Å². The second-order valence-corrected chi connectivity index (χ2v) is 12.0. The van der Waals surface area contributed by atoms with Crippen LogP contribution in [-0.4, -0.2) is 95.5 Å². The third kappa shape index (κ3) is 10.1. The first-order valence-electron chi connectivity index (χ1n) is 15.0. The number of carbonyl (C=O) groups is 5. The fourth-order valence-corrected chi connectivity index (χ4v) is 4.92. The van der Waals surface area contributed by atoms with Crippen LogP contribution in [0.5, 0.6) is 5.75 Å². The number of carboxylic acid groups (broad SMARTS) is 1. The Kier molecular flexibility index (Phi) is 12.4. The van der Waals surface area contributed by atoms with Crippen molar-refractivity contribution in [1.82, 2.24) is 15.1 Å². The topological polar surface area (TPSA) is 161 Å². The third-order valence-electron chi connectivity index (χ3n) is 7.36. The van der Waals surface area contributed by atoms with Crippen LogP contribution in [0, 0.1) is 0 Å². The van der Waals surface area contributed by atoms with E-state index in [-0.39, 0.29) is 13.0 Å². The average molecular weight is 642 g/mol. The molecular formula is C33H43N3O10. The van der Waals surface area contributed by atoms with E-state index >= 15 is 0 Å². The van der Waals surface area contributed by atoms with E-state index in [1.807, 2.05) is 0 Å². The van der Waals surface area contributed by atoms with Crippen molar-refractivity contribution in [2.75, 3.05) is 20.7 Å². The smallest absolute Gasteiger partial charge is 0.410 e. The Bertz CT molecular complexity index is 1360. The lowest BCUT2D eigenvalue weighted by molar-refractivity contribution is -0.162. The summed E-state index contributed by atoms with van der Waals surface area (Å²) in [6.45, 7) is 6.74. The quantitative estimate of drug-likeness (QED) is 0.258. The van der Waals surface area contributed by atoms with E-state index in [4.69, 9.17) is 18.9 Å². The van der Waals surface area contributed by atoms with Crippen molar-refractivity contribution in [2.24, 2.45) is 0 Å². The van der Waals surface area contributed by atoms with Crippen LogP contribution < -0.4 is 10.1 Å². The zero-order valence-electron chi connectivity index (χ0n) is 27.1. The molecule has 0 saturated carbocycles. The summed E-state index contributed by atoms with van der Waals surface area (Å²) in [6, 6.07) is 12.0. The number of likely N-dealkylation sites (N-methyl/N-ethyl adjacent to an activating group) is 1. The minimum atomic E-state index is -1.65. The fourth-order valence-electron chi connectivity index (χ4n) is 4.92. The summed E-state index contributed by atoms with van der Waals surface area (Å²) in [5.41, 5.74) is 0.604. The van der Waals surface area contributed by atoms with Gasteiger partial charge in [0.05, 0.1) is 7.11 Å². The van der Waals surface area contributed by atoms with Crippen LogP contribution in [0.15, 0.2) is 54.6 Å². The fraction of sp³-hybridized carbons (Fsp3) is 0.485. The number of hydrogen-bond acceptors (Lipinski definition) is 9. The minimum absolute atomic E-state index is 0.0151. The molecule has 2 aromatic carbocycles. The first-order valence-corrected chi connectivity index (χ1v) is 15.0. The molecule has 3 amide bonds. The van der Waals surface area contributed by atoms with Gasteiger partial charge in [-0.2, -0.15) is 0 Å². The monoisotopic (exact) mass is 641 g/mol. The molecule has 250 valence electrons. The van der Waals surface area contributed by atoms with Crippen LogP contribution in [0.2, 0.25) is 0 Å². The Morgan fingerprint density at radius 2 is 1.67 bits per heavy atom. The van der Waals surface area contributed by atoms with E-state index in [1.165, 1.54) is 30.9 Å². The van der Waals surface area contributed by atoms with E-state index in [0.29, 0.717) is 36.3 Å². The van der Waals surface area contributed by atoms with Crippen molar-refractivity contribution in [3.8, 4) is 5.75 Å². The zero-order valence-corrected chi connectivity index (χ0v) is 27.1. The summed E-state index contributed by atoms with van der Waals surface area (Å²) < 4.78 is 21.4. The average Bonchev–Trinajstić information content (AvgIpc) is 3.51. The van der Waals surface area contributed by atoms with Gasteiger partial charge in [0.15, 0.2) is 6.04 Å². The van der Waals surface area contributed by atoms with Gasteiger partial charge in [-0.1, -0.05) is 42.5 Å². The Morgan fingerprint density at radius 3 is 2.26 bits per heavy atom. The highest BCUT2D eigenvalue weighted by atomic mass is 16.6. The molecule has 13 heteroatoms.